The van der Waals surface area contributed by atoms with E-state index in [2.05, 4.69) is 24.5 Å². The first-order valence-electron chi connectivity index (χ1n) is 22.0. The Hall–Kier alpha value is -3.43. The molecular formula is C46H79N5O9. The van der Waals surface area contributed by atoms with Gasteiger partial charge in [-0.15, -0.1) is 0 Å². The fourth-order valence-electron chi connectivity index (χ4n) is 8.75. The van der Waals surface area contributed by atoms with Crippen LogP contribution in [-0.4, -0.2) is 156 Å². The van der Waals surface area contributed by atoms with Gasteiger partial charge in [0.15, 0.2) is 5.78 Å². The van der Waals surface area contributed by atoms with Gasteiger partial charge in [0.2, 0.25) is 17.7 Å². The summed E-state index contributed by atoms with van der Waals surface area (Å²) >= 11 is 0. The monoisotopic (exact) mass is 846 g/mol. The Kier molecular flexibility index (Phi) is 23.5. The molecule has 0 aromatic heterocycles. The molecule has 0 spiro atoms. The number of benzene rings is 1. The molecule has 1 fully saturated rings. The molecule has 0 radical (unpaired) electrons. The standard InChI is InChI=1S/C46H79N5O9/c1-14-32(6)42(50(10)45(55)35(30(2)3)28-38(52)41(31(4)5)49(9)24-26-60-25-22-47-8)39(57-11)29-40(53)51-23-18-21-37(51)43(58-12)33(7)44(54)48-36(46(56)59-13)27-34-19-16-15-17-20-34/h15-17,19-20,30-33,35-37,39,41-43,47H,14,18,21-29H2,1-13H3,(H,48,54)/t32-,33+,35-,36-,37-,39+,41-,42-,43+/m0/s1. The van der Waals surface area contributed by atoms with Crippen LogP contribution >= 0.6 is 0 Å². The van der Waals surface area contributed by atoms with Gasteiger partial charge >= 0.3 is 5.97 Å². The van der Waals surface area contributed by atoms with Crippen LogP contribution in [0.3, 0.4) is 0 Å². The fourth-order valence-corrected chi connectivity index (χ4v) is 8.75. The number of likely N-dealkylation sites (N-methyl/N-ethyl adjacent to an activating group) is 3. The van der Waals surface area contributed by atoms with Gasteiger partial charge in [0.05, 0.1) is 63.0 Å². The summed E-state index contributed by atoms with van der Waals surface area (Å²) in [6, 6.07) is 7.29. The molecule has 60 heavy (non-hydrogen) atoms. The number of nitrogens with zero attached hydrogens (tertiary/aromatic N) is 3. The largest absolute Gasteiger partial charge is 0.467 e. The average molecular weight is 846 g/mol. The van der Waals surface area contributed by atoms with Crippen molar-refractivity contribution in [3.8, 4) is 0 Å². The van der Waals surface area contributed by atoms with Crippen molar-refractivity contribution in [3.63, 3.8) is 0 Å². The topological polar surface area (TPSA) is 156 Å². The van der Waals surface area contributed by atoms with Gasteiger partial charge in [-0.05, 0) is 50.3 Å². The lowest BCUT2D eigenvalue weighted by atomic mass is 9.83. The molecule has 1 saturated heterocycles. The maximum atomic E-state index is 14.5. The van der Waals surface area contributed by atoms with Gasteiger partial charge in [0.1, 0.15) is 6.04 Å². The van der Waals surface area contributed by atoms with Crippen molar-refractivity contribution >= 4 is 29.5 Å². The number of amides is 3. The van der Waals surface area contributed by atoms with E-state index in [9.17, 15) is 24.0 Å². The molecule has 1 aliphatic rings. The first-order valence-corrected chi connectivity index (χ1v) is 22.0. The number of ketones is 1. The quantitative estimate of drug-likeness (QED) is 0.0920. The van der Waals surface area contributed by atoms with Crippen LogP contribution in [0.2, 0.25) is 0 Å². The number of esters is 1. The zero-order valence-corrected chi connectivity index (χ0v) is 39.0. The SMILES string of the molecule is CC[C@H](C)[C@@H]([C@@H](CC(=O)N1CCC[C@H]1[C@H](OC)[C@@H](C)C(=O)N[C@@H](Cc1ccccc1)C(=O)OC)OC)N(C)C(=O)[C@@H](CC(=O)[C@H](C(C)C)N(C)CCOCCNC)C(C)C. The molecule has 2 rings (SSSR count). The lowest BCUT2D eigenvalue weighted by Gasteiger charge is -2.41. The lowest BCUT2D eigenvalue weighted by Crippen LogP contribution is -2.55. The van der Waals surface area contributed by atoms with Crippen LogP contribution in [0.4, 0.5) is 0 Å². The van der Waals surface area contributed by atoms with Crippen molar-refractivity contribution in [1.82, 2.24) is 25.3 Å². The molecule has 342 valence electrons. The highest BCUT2D eigenvalue weighted by molar-refractivity contribution is 5.90. The molecule has 0 unspecified atom stereocenters. The number of ether oxygens (including phenoxy) is 4. The van der Waals surface area contributed by atoms with Crippen LogP contribution < -0.4 is 10.6 Å². The number of rotatable bonds is 28. The summed E-state index contributed by atoms with van der Waals surface area (Å²) in [5.74, 6) is -2.56. The Morgan fingerprint density at radius 3 is 2.12 bits per heavy atom. The van der Waals surface area contributed by atoms with Crippen LogP contribution in [0, 0.1) is 29.6 Å². The number of carbonyl (C=O) groups is 5. The van der Waals surface area contributed by atoms with Crippen LogP contribution in [-0.2, 0) is 49.3 Å². The minimum absolute atomic E-state index is 0.0139. The van der Waals surface area contributed by atoms with Crippen molar-refractivity contribution in [2.24, 2.45) is 29.6 Å². The predicted molar refractivity (Wildman–Crippen MR) is 234 cm³/mol. The van der Waals surface area contributed by atoms with Crippen molar-refractivity contribution < 1.29 is 42.9 Å². The summed E-state index contributed by atoms with van der Waals surface area (Å²) in [6.07, 6.45) is 1.20. The molecule has 1 aliphatic heterocycles. The first-order chi connectivity index (χ1) is 28.5. The van der Waals surface area contributed by atoms with Crippen LogP contribution in [0.5, 0.6) is 0 Å². The van der Waals surface area contributed by atoms with E-state index >= 15 is 0 Å². The summed E-state index contributed by atoms with van der Waals surface area (Å²) in [5.41, 5.74) is 0.876. The highest BCUT2D eigenvalue weighted by Crippen LogP contribution is 2.31. The van der Waals surface area contributed by atoms with Crippen LogP contribution in [0.1, 0.15) is 86.1 Å². The Bertz CT molecular complexity index is 1460. The van der Waals surface area contributed by atoms with Gasteiger partial charge in [-0.25, -0.2) is 4.79 Å². The van der Waals surface area contributed by atoms with E-state index in [0.29, 0.717) is 32.7 Å². The summed E-state index contributed by atoms with van der Waals surface area (Å²) in [7, 11) is 9.97. The second-order valence-corrected chi connectivity index (χ2v) is 17.3. The van der Waals surface area contributed by atoms with E-state index in [1.165, 1.54) is 14.2 Å². The highest BCUT2D eigenvalue weighted by atomic mass is 16.5. The van der Waals surface area contributed by atoms with E-state index in [1.54, 1.807) is 30.9 Å². The number of hydrogen-bond acceptors (Lipinski definition) is 11. The van der Waals surface area contributed by atoms with Crippen LogP contribution in [0.15, 0.2) is 30.3 Å². The summed E-state index contributed by atoms with van der Waals surface area (Å²) in [5, 5.41) is 5.93. The average Bonchev–Trinajstić information content (AvgIpc) is 3.71. The third kappa shape index (κ3) is 15.2. The Balaban J connectivity index is 2.26. The third-order valence-corrected chi connectivity index (χ3v) is 12.4. The normalized spacial score (nSPS) is 18.4. The number of methoxy groups -OCH3 is 3. The molecule has 0 bridgehead atoms. The minimum atomic E-state index is -0.893. The van der Waals surface area contributed by atoms with Crippen molar-refractivity contribution in [1.29, 1.82) is 0 Å². The molecule has 0 aliphatic carbocycles. The van der Waals surface area contributed by atoms with Crippen LogP contribution in [0.25, 0.3) is 0 Å². The smallest absolute Gasteiger partial charge is 0.328 e. The third-order valence-electron chi connectivity index (χ3n) is 12.4. The molecule has 14 heteroatoms. The van der Waals surface area contributed by atoms with E-state index < -0.39 is 48.1 Å². The first kappa shape index (κ1) is 52.7. The van der Waals surface area contributed by atoms with E-state index in [-0.39, 0.29) is 66.6 Å². The van der Waals surface area contributed by atoms with E-state index in [0.717, 1.165) is 24.9 Å². The lowest BCUT2D eigenvalue weighted by molar-refractivity contribution is -0.150. The number of hydrogen-bond donors (Lipinski definition) is 2. The Morgan fingerprint density at radius 1 is 0.900 bits per heavy atom. The number of likely N-dealkylation sites (tertiary alicyclic amines) is 1. The van der Waals surface area contributed by atoms with Crippen molar-refractivity contribution in [3.05, 3.63) is 35.9 Å². The van der Waals surface area contributed by atoms with E-state index in [4.69, 9.17) is 18.9 Å². The Morgan fingerprint density at radius 2 is 1.57 bits per heavy atom. The fraction of sp³-hybridized carbons (Fsp3) is 0.761. The minimum Gasteiger partial charge on any atom is -0.467 e. The number of carbonyl (C=O) groups excluding carboxylic acids is 5. The van der Waals surface area contributed by atoms with Gasteiger partial charge < -0.3 is 39.4 Å². The van der Waals surface area contributed by atoms with Gasteiger partial charge in [-0.1, -0.05) is 85.2 Å². The van der Waals surface area contributed by atoms with E-state index in [1.807, 2.05) is 77.0 Å². The molecule has 1 heterocycles. The zero-order valence-electron chi connectivity index (χ0n) is 39.0. The number of Topliss-reactive ketones (excluding diaryl/α,β-unsaturated/α-hetero) is 1. The summed E-state index contributed by atoms with van der Waals surface area (Å²) in [6.45, 7) is 16.8. The summed E-state index contributed by atoms with van der Waals surface area (Å²) < 4.78 is 22.8. The molecule has 0 saturated carbocycles. The number of nitrogens with one attached hydrogen (secondary N) is 2. The molecule has 3 amide bonds. The van der Waals surface area contributed by atoms with Gasteiger partial charge in [0, 0.05) is 59.7 Å². The maximum Gasteiger partial charge on any atom is 0.328 e. The molecule has 2 N–H and O–H groups in total. The zero-order chi connectivity index (χ0) is 45.1. The summed E-state index contributed by atoms with van der Waals surface area (Å²) in [4.78, 5) is 74.9. The van der Waals surface area contributed by atoms with Gasteiger partial charge in [0.25, 0.3) is 0 Å². The molecular weight excluding hydrogens is 767 g/mol. The maximum absolute atomic E-state index is 14.5. The molecule has 1 aromatic carbocycles. The molecule has 9 atom stereocenters. The predicted octanol–water partition coefficient (Wildman–Crippen LogP) is 4.23. The second-order valence-electron chi connectivity index (χ2n) is 17.3. The highest BCUT2D eigenvalue weighted by Gasteiger charge is 2.43. The molecule has 14 nitrogen and oxygen atoms in total. The Labute approximate surface area is 361 Å². The van der Waals surface area contributed by atoms with Crippen molar-refractivity contribution in [2.75, 3.05) is 75.3 Å². The molecule has 1 aromatic rings. The van der Waals surface area contributed by atoms with Gasteiger partial charge in [-0.3, -0.25) is 24.1 Å². The van der Waals surface area contributed by atoms with Crippen molar-refractivity contribution in [2.45, 2.75) is 123 Å². The second kappa shape index (κ2) is 26.8. The van der Waals surface area contributed by atoms with Gasteiger partial charge in [-0.2, -0.15) is 0 Å².